The van der Waals surface area contributed by atoms with Crippen LogP contribution >= 0.6 is 0 Å². The monoisotopic (exact) mass is 324 g/mol. The summed E-state index contributed by atoms with van der Waals surface area (Å²) in [5.41, 5.74) is 1.87. The average molecular weight is 325 g/mol. The Balaban J connectivity index is 4.80. The molecule has 1 N–H and O–H groups in total. The highest BCUT2D eigenvalue weighted by molar-refractivity contribution is 5.14. The maximum absolute atomic E-state index is 9.61. The smallest absolute Gasteiger partial charge is 0.0439 e. The summed E-state index contributed by atoms with van der Waals surface area (Å²) in [6.45, 7) is 9.56. The highest BCUT2D eigenvalue weighted by atomic mass is 16.3. The Labute approximate surface area is 147 Å². The molecule has 0 aliphatic rings. The van der Waals surface area contributed by atoms with Crippen molar-refractivity contribution >= 4 is 0 Å². The van der Waals surface area contributed by atoms with Gasteiger partial charge in [0, 0.05) is 6.61 Å². The molecule has 0 spiro atoms. The van der Waals surface area contributed by atoms with Crippen LogP contribution in [0, 0.1) is 5.41 Å². The van der Waals surface area contributed by atoms with Crippen LogP contribution in [-0.2, 0) is 0 Å². The second-order valence-corrected chi connectivity index (χ2v) is 7.53. The molecule has 0 bridgehead atoms. The van der Waals surface area contributed by atoms with E-state index in [4.69, 9.17) is 0 Å². The summed E-state index contributed by atoms with van der Waals surface area (Å²) in [7, 11) is 0. The van der Waals surface area contributed by atoms with E-state index in [0.717, 1.165) is 6.42 Å². The lowest BCUT2D eigenvalue weighted by molar-refractivity contribution is 0.206. The van der Waals surface area contributed by atoms with Gasteiger partial charge in [-0.05, 0) is 43.9 Å². The second-order valence-electron chi connectivity index (χ2n) is 7.53. The fraction of sp³-hybridized carbons (Fsp3) is 0.909. The summed E-state index contributed by atoms with van der Waals surface area (Å²) >= 11 is 0. The van der Waals surface area contributed by atoms with Gasteiger partial charge in [0.2, 0.25) is 0 Å². The lowest BCUT2D eigenvalue weighted by Gasteiger charge is -2.33. The minimum absolute atomic E-state index is 0.225. The molecule has 0 amide bonds. The van der Waals surface area contributed by atoms with Crippen molar-refractivity contribution in [3.63, 3.8) is 0 Å². The molecule has 0 aromatic carbocycles. The molecular formula is C22H44O. The summed E-state index contributed by atoms with van der Waals surface area (Å²) in [6, 6.07) is 0. The Kier molecular flexibility index (Phi) is 15.0. The molecule has 1 heteroatoms. The van der Waals surface area contributed by atoms with Gasteiger partial charge in [-0.3, -0.25) is 0 Å². The summed E-state index contributed by atoms with van der Waals surface area (Å²) in [5.74, 6) is 0. The van der Waals surface area contributed by atoms with Gasteiger partial charge in [-0.15, -0.1) is 0 Å². The van der Waals surface area contributed by atoms with Crippen molar-refractivity contribution < 1.29 is 5.11 Å². The van der Waals surface area contributed by atoms with Crippen LogP contribution in [0.5, 0.6) is 0 Å². The minimum Gasteiger partial charge on any atom is -0.396 e. The van der Waals surface area contributed by atoms with Gasteiger partial charge < -0.3 is 5.11 Å². The molecule has 0 fully saturated rings. The van der Waals surface area contributed by atoms with E-state index in [9.17, 15) is 5.11 Å². The van der Waals surface area contributed by atoms with Crippen molar-refractivity contribution in [3.8, 4) is 0 Å². The lowest BCUT2D eigenvalue weighted by Crippen LogP contribution is -2.21. The molecule has 23 heavy (non-hydrogen) atoms. The molecule has 0 aromatic rings. The number of unbranched alkanes of at least 4 members (excludes halogenated alkanes) is 8. The standard InChI is InChI=1S/C22H44O/c1-5-8-11-14-17-21(16-13-10-7-3)22(4,19-20-23)18-15-12-9-6-2/h17,23H,5-16,18-20H2,1-4H3/b21-17+. The second kappa shape index (κ2) is 15.2. The van der Waals surface area contributed by atoms with Gasteiger partial charge in [0.1, 0.15) is 0 Å². The molecule has 0 aliphatic carbocycles. The van der Waals surface area contributed by atoms with Crippen LogP contribution in [0.4, 0.5) is 0 Å². The third kappa shape index (κ3) is 11.0. The molecule has 0 rings (SSSR count). The van der Waals surface area contributed by atoms with E-state index in [-0.39, 0.29) is 5.41 Å². The largest absolute Gasteiger partial charge is 0.396 e. The zero-order valence-corrected chi connectivity index (χ0v) is 16.6. The Bertz CT molecular complexity index is 282. The Morgan fingerprint density at radius 3 is 2.00 bits per heavy atom. The number of aliphatic hydroxyl groups excluding tert-OH is 1. The quantitative estimate of drug-likeness (QED) is 0.231. The first-order valence-corrected chi connectivity index (χ1v) is 10.4. The van der Waals surface area contributed by atoms with Crippen molar-refractivity contribution in [3.05, 3.63) is 11.6 Å². The fourth-order valence-electron chi connectivity index (χ4n) is 3.52. The van der Waals surface area contributed by atoms with Crippen molar-refractivity contribution in [1.82, 2.24) is 0 Å². The molecule has 1 unspecified atom stereocenters. The van der Waals surface area contributed by atoms with E-state index >= 15 is 0 Å². The third-order valence-corrected chi connectivity index (χ3v) is 5.27. The van der Waals surface area contributed by atoms with Crippen LogP contribution in [0.3, 0.4) is 0 Å². The maximum Gasteiger partial charge on any atom is 0.0439 e. The number of allylic oxidation sites excluding steroid dienone is 2. The van der Waals surface area contributed by atoms with Crippen LogP contribution < -0.4 is 0 Å². The molecule has 0 saturated heterocycles. The van der Waals surface area contributed by atoms with Crippen molar-refractivity contribution in [2.75, 3.05) is 6.61 Å². The van der Waals surface area contributed by atoms with Crippen LogP contribution in [0.15, 0.2) is 11.6 Å². The molecule has 1 atom stereocenters. The predicted molar refractivity (Wildman–Crippen MR) is 105 cm³/mol. The SMILES string of the molecule is CCCCC/C=C(\CCCCC)C(C)(CCO)CCCCCC. The number of hydrogen-bond donors (Lipinski definition) is 1. The molecule has 138 valence electrons. The molecule has 1 nitrogen and oxygen atoms in total. The minimum atomic E-state index is 0.225. The molecule has 0 heterocycles. The first-order valence-electron chi connectivity index (χ1n) is 10.4. The van der Waals surface area contributed by atoms with Gasteiger partial charge in [-0.25, -0.2) is 0 Å². The van der Waals surface area contributed by atoms with E-state index in [0.29, 0.717) is 6.61 Å². The van der Waals surface area contributed by atoms with E-state index in [1.165, 1.54) is 83.5 Å². The van der Waals surface area contributed by atoms with Crippen LogP contribution in [0.1, 0.15) is 118 Å². The Morgan fingerprint density at radius 2 is 1.39 bits per heavy atom. The van der Waals surface area contributed by atoms with E-state index in [1.54, 1.807) is 5.57 Å². The lowest BCUT2D eigenvalue weighted by atomic mass is 9.73. The van der Waals surface area contributed by atoms with E-state index in [2.05, 4.69) is 33.8 Å². The summed E-state index contributed by atoms with van der Waals surface area (Å²) in [4.78, 5) is 0. The average Bonchev–Trinajstić information content (AvgIpc) is 2.54. The fourth-order valence-corrected chi connectivity index (χ4v) is 3.52. The highest BCUT2D eigenvalue weighted by Gasteiger charge is 2.27. The Morgan fingerprint density at radius 1 is 0.783 bits per heavy atom. The first kappa shape index (κ1) is 22.7. The van der Waals surface area contributed by atoms with Crippen LogP contribution in [0.25, 0.3) is 0 Å². The topological polar surface area (TPSA) is 20.2 Å². The van der Waals surface area contributed by atoms with E-state index < -0.39 is 0 Å². The van der Waals surface area contributed by atoms with E-state index in [1.807, 2.05) is 0 Å². The van der Waals surface area contributed by atoms with Gasteiger partial charge in [0.25, 0.3) is 0 Å². The molecular weight excluding hydrogens is 280 g/mol. The third-order valence-electron chi connectivity index (χ3n) is 5.27. The molecule has 0 saturated carbocycles. The molecule has 0 aromatic heterocycles. The highest BCUT2D eigenvalue weighted by Crippen LogP contribution is 2.39. The van der Waals surface area contributed by atoms with Gasteiger partial charge in [-0.1, -0.05) is 90.7 Å². The van der Waals surface area contributed by atoms with Gasteiger partial charge >= 0.3 is 0 Å². The normalized spacial score (nSPS) is 14.9. The van der Waals surface area contributed by atoms with Crippen molar-refractivity contribution in [1.29, 1.82) is 0 Å². The summed E-state index contributed by atoms with van der Waals surface area (Å²) in [5, 5.41) is 9.61. The first-order chi connectivity index (χ1) is 11.1. The zero-order chi connectivity index (χ0) is 17.4. The number of hydrogen-bond acceptors (Lipinski definition) is 1. The van der Waals surface area contributed by atoms with Gasteiger partial charge in [0.15, 0.2) is 0 Å². The van der Waals surface area contributed by atoms with Crippen LogP contribution in [0.2, 0.25) is 0 Å². The predicted octanol–water partition coefficient (Wildman–Crippen LogP) is 7.43. The van der Waals surface area contributed by atoms with Gasteiger partial charge in [0.05, 0.1) is 0 Å². The summed E-state index contributed by atoms with van der Waals surface area (Å²) < 4.78 is 0. The number of rotatable bonds is 16. The van der Waals surface area contributed by atoms with Gasteiger partial charge in [-0.2, -0.15) is 0 Å². The van der Waals surface area contributed by atoms with Crippen molar-refractivity contribution in [2.45, 2.75) is 118 Å². The maximum atomic E-state index is 9.61. The molecule has 0 aliphatic heterocycles. The summed E-state index contributed by atoms with van der Waals surface area (Å²) in [6.07, 6.45) is 20.4. The number of aliphatic hydroxyl groups is 1. The van der Waals surface area contributed by atoms with Crippen LogP contribution in [-0.4, -0.2) is 11.7 Å². The Hall–Kier alpha value is -0.300. The van der Waals surface area contributed by atoms with Crippen molar-refractivity contribution in [2.24, 2.45) is 5.41 Å². The zero-order valence-electron chi connectivity index (χ0n) is 16.6. The molecule has 0 radical (unpaired) electrons.